The lowest BCUT2D eigenvalue weighted by molar-refractivity contribution is -0.119. The first-order valence-corrected chi connectivity index (χ1v) is 9.70. The van der Waals surface area contributed by atoms with Gasteiger partial charge in [0.1, 0.15) is 12.4 Å². The Morgan fingerprint density at radius 3 is 3.00 bits per heavy atom. The van der Waals surface area contributed by atoms with Gasteiger partial charge in [0.15, 0.2) is 5.82 Å². The minimum absolute atomic E-state index is 0.0185. The van der Waals surface area contributed by atoms with E-state index in [-0.39, 0.29) is 18.4 Å². The first-order chi connectivity index (χ1) is 14.2. The number of aromatic nitrogens is 4. The molecule has 2 aromatic heterocycles. The molecule has 0 aliphatic carbocycles. The molecule has 1 aliphatic rings. The second-order valence-electron chi connectivity index (χ2n) is 7.07. The van der Waals surface area contributed by atoms with E-state index in [1.54, 1.807) is 12.4 Å². The van der Waals surface area contributed by atoms with E-state index in [9.17, 15) is 4.79 Å². The van der Waals surface area contributed by atoms with Crippen LogP contribution in [-0.4, -0.2) is 52.9 Å². The summed E-state index contributed by atoms with van der Waals surface area (Å²) in [6.07, 6.45) is 5.50. The van der Waals surface area contributed by atoms with Gasteiger partial charge in [0.25, 0.3) is 0 Å². The molecule has 8 nitrogen and oxygen atoms in total. The molecule has 8 heteroatoms. The van der Waals surface area contributed by atoms with E-state index < -0.39 is 0 Å². The van der Waals surface area contributed by atoms with E-state index in [4.69, 9.17) is 9.72 Å². The summed E-state index contributed by atoms with van der Waals surface area (Å²) in [4.78, 5) is 23.4. The summed E-state index contributed by atoms with van der Waals surface area (Å²) >= 11 is 0. The number of methoxy groups -OCH3 is 1. The summed E-state index contributed by atoms with van der Waals surface area (Å²) < 4.78 is 4.90. The minimum Gasteiger partial charge on any atom is -0.375 e. The third-order valence-electron chi connectivity index (χ3n) is 5.04. The lowest BCUT2D eigenvalue weighted by Crippen LogP contribution is -2.35. The predicted octanol–water partition coefficient (Wildman–Crippen LogP) is 2.84. The molecule has 0 saturated carbocycles. The molecule has 150 valence electrons. The van der Waals surface area contributed by atoms with Crippen molar-refractivity contribution in [1.29, 1.82) is 0 Å². The van der Waals surface area contributed by atoms with Crippen molar-refractivity contribution in [2.45, 2.75) is 18.8 Å². The second kappa shape index (κ2) is 8.83. The summed E-state index contributed by atoms with van der Waals surface area (Å²) in [6, 6.07) is 11.9. The Morgan fingerprint density at radius 2 is 2.17 bits per heavy atom. The normalized spacial score (nSPS) is 16.6. The average molecular weight is 392 g/mol. The molecule has 1 aromatic carbocycles. The molecule has 0 spiro atoms. The summed E-state index contributed by atoms with van der Waals surface area (Å²) in [5.41, 5.74) is 2.66. The highest BCUT2D eigenvalue weighted by molar-refractivity contribution is 5.92. The number of ether oxygens (including phenoxy) is 1. The van der Waals surface area contributed by atoms with Gasteiger partial charge < -0.3 is 15.0 Å². The predicted molar refractivity (Wildman–Crippen MR) is 111 cm³/mol. The number of nitrogens with one attached hydrogen (secondary N) is 2. The first kappa shape index (κ1) is 19.1. The minimum atomic E-state index is -0.189. The van der Waals surface area contributed by atoms with Gasteiger partial charge in [0, 0.05) is 37.9 Å². The van der Waals surface area contributed by atoms with Crippen LogP contribution in [0, 0.1) is 0 Å². The smallest absolute Gasteiger partial charge is 0.250 e. The van der Waals surface area contributed by atoms with E-state index in [1.807, 2.05) is 36.4 Å². The van der Waals surface area contributed by atoms with Gasteiger partial charge in [-0.15, -0.1) is 0 Å². The number of piperidine rings is 1. The van der Waals surface area contributed by atoms with Gasteiger partial charge in [-0.1, -0.05) is 30.3 Å². The monoisotopic (exact) mass is 392 g/mol. The topological polar surface area (TPSA) is 96.0 Å². The highest BCUT2D eigenvalue weighted by atomic mass is 16.5. The SMILES string of the molecule is COCC(=O)Nc1cn[nH]c1C1CCCN(c2ccnc(-c3ccccc3)n2)C1. The number of carbonyl (C=O) groups excluding carboxylic acids is 1. The quantitative estimate of drug-likeness (QED) is 0.670. The molecule has 1 unspecified atom stereocenters. The number of hydrogen-bond donors (Lipinski definition) is 2. The molecule has 0 bridgehead atoms. The maximum atomic E-state index is 11.9. The molecule has 29 heavy (non-hydrogen) atoms. The Labute approximate surface area is 169 Å². The number of hydrogen-bond acceptors (Lipinski definition) is 6. The van der Waals surface area contributed by atoms with Crippen molar-refractivity contribution in [3.63, 3.8) is 0 Å². The molecule has 2 N–H and O–H groups in total. The number of amides is 1. The van der Waals surface area contributed by atoms with Crippen molar-refractivity contribution in [1.82, 2.24) is 20.2 Å². The third kappa shape index (κ3) is 4.43. The van der Waals surface area contributed by atoms with Crippen LogP contribution < -0.4 is 10.2 Å². The Balaban J connectivity index is 1.51. The fourth-order valence-corrected chi connectivity index (χ4v) is 3.70. The van der Waals surface area contributed by atoms with E-state index >= 15 is 0 Å². The fourth-order valence-electron chi connectivity index (χ4n) is 3.70. The van der Waals surface area contributed by atoms with E-state index in [1.165, 1.54) is 7.11 Å². The number of anilines is 2. The van der Waals surface area contributed by atoms with Crippen LogP contribution >= 0.6 is 0 Å². The van der Waals surface area contributed by atoms with Crippen LogP contribution in [0.25, 0.3) is 11.4 Å². The van der Waals surface area contributed by atoms with Crippen molar-refractivity contribution >= 4 is 17.4 Å². The molecule has 4 rings (SSSR count). The molecule has 1 amide bonds. The van der Waals surface area contributed by atoms with Crippen LogP contribution in [0.1, 0.15) is 24.5 Å². The first-order valence-electron chi connectivity index (χ1n) is 9.70. The van der Waals surface area contributed by atoms with Gasteiger partial charge in [-0.05, 0) is 18.9 Å². The molecule has 1 saturated heterocycles. The summed E-state index contributed by atoms with van der Waals surface area (Å²) in [6.45, 7) is 1.74. The Hall–Kier alpha value is -3.26. The van der Waals surface area contributed by atoms with Crippen LogP contribution in [0.4, 0.5) is 11.5 Å². The zero-order valence-corrected chi connectivity index (χ0v) is 16.3. The van der Waals surface area contributed by atoms with E-state index in [0.717, 1.165) is 48.8 Å². The van der Waals surface area contributed by atoms with Crippen LogP contribution in [0.15, 0.2) is 48.8 Å². The van der Waals surface area contributed by atoms with Gasteiger partial charge in [-0.2, -0.15) is 5.10 Å². The van der Waals surface area contributed by atoms with Crippen LogP contribution in [0.3, 0.4) is 0 Å². The summed E-state index contributed by atoms with van der Waals surface area (Å²) in [5, 5.41) is 10.1. The Bertz CT molecular complexity index is 959. The molecule has 1 fully saturated rings. The largest absolute Gasteiger partial charge is 0.375 e. The number of rotatable bonds is 6. The second-order valence-corrected chi connectivity index (χ2v) is 7.07. The lowest BCUT2D eigenvalue weighted by Gasteiger charge is -2.33. The maximum absolute atomic E-state index is 11.9. The number of aromatic amines is 1. The highest BCUT2D eigenvalue weighted by Crippen LogP contribution is 2.32. The maximum Gasteiger partial charge on any atom is 0.250 e. The van der Waals surface area contributed by atoms with Gasteiger partial charge in [-0.25, -0.2) is 9.97 Å². The molecule has 3 aromatic rings. The van der Waals surface area contributed by atoms with Crippen LogP contribution in [0.5, 0.6) is 0 Å². The fraction of sp³-hybridized carbons (Fsp3) is 0.333. The van der Waals surface area contributed by atoms with Gasteiger partial charge in [0.05, 0.1) is 17.6 Å². The van der Waals surface area contributed by atoms with Crippen LogP contribution in [-0.2, 0) is 9.53 Å². The molecular formula is C21H24N6O2. The van der Waals surface area contributed by atoms with Crippen molar-refractivity contribution in [3.8, 4) is 11.4 Å². The summed E-state index contributed by atoms with van der Waals surface area (Å²) in [5.74, 6) is 1.66. The number of H-pyrrole nitrogens is 1. The number of nitrogens with zero attached hydrogens (tertiary/aromatic N) is 4. The number of benzene rings is 1. The standard InChI is InChI=1S/C21H24N6O2/c1-29-14-19(28)24-17-12-23-26-20(17)16-8-5-11-27(13-16)18-9-10-22-21(25-18)15-6-3-2-4-7-15/h2-4,6-7,9-10,12,16H,5,8,11,13-14H2,1H3,(H,23,26)(H,24,28). The van der Waals surface area contributed by atoms with Gasteiger partial charge in [0.2, 0.25) is 5.91 Å². The summed E-state index contributed by atoms with van der Waals surface area (Å²) in [7, 11) is 1.50. The number of carbonyl (C=O) groups is 1. The molecule has 0 radical (unpaired) electrons. The van der Waals surface area contributed by atoms with Gasteiger partial charge in [-0.3, -0.25) is 9.89 Å². The Kier molecular flexibility index (Phi) is 5.81. The molecule has 1 atom stereocenters. The third-order valence-corrected chi connectivity index (χ3v) is 5.04. The zero-order chi connectivity index (χ0) is 20.1. The van der Waals surface area contributed by atoms with E-state index in [2.05, 4.69) is 25.4 Å². The Morgan fingerprint density at radius 1 is 1.31 bits per heavy atom. The zero-order valence-electron chi connectivity index (χ0n) is 16.3. The molecular weight excluding hydrogens is 368 g/mol. The molecule has 1 aliphatic heterocycles. The van der Waals surface area contributed by atoms with Crippen molar-refractivity contribution < 1.29 is 9.53 Å². The van der Waals surface area contributed by atoms with Crippen molar-refractivity contribution in [3.05, 3.63) is 54.5 Å². The highest BCUT2D eigenvalue weighted by Gasteiger charge is 2.26. The van der Waals surface area contributed by atoms with E-state index in [0.29, 0.717) is 5.69 Å². The van der Waals surface area contributed by atoms with Crippen LogP contribution in [0.2, 0.25) is 0 Å². The lowest BCUT2D eigenvalue weighted by atomic mass is 9.94. The average Bonchev–Trinajstić information content (AvgIpc) is 3.23. The van der Waals surface area contributed by atoms with Crippen molar-refractivity contribution in [2.75, 3.05) is 37.0 Å². The molecule has 3 heterocycles. The van der Waals surface area contributed by atoms with Crippen molar-refractivity contribution in [2.24, 2.45) is 0 Å². The van der Waals surface area contributed by atoms with Gasteiger partial charge >= 0.3 is 0 Å².